The topological polar surface area (TPSA) is 124 Å². The van der Waals surface area contributed by atoms with E-state index in [1.54, 1.807) is 13.0 Å². The molecule has 1 aromatic heterocycles. The van der Waals surface area contributed by atoms with Gasteiger partial charge in [0.15, 0.2) is 9.84 Å². The highest BCUT2D eigenvalue weighted by Gasteiger charge is 2.25. The number of ether oxygens (including phenoxy) is 1. The zero-order valence-electron chi connectivity index (χ0n) is 21.4. The molecule has 0 radical (unpaired) electrons. The quantitative estimate of drug-likeness (QED) is 0.380. The predicted molar refractivity (Wildman–Crippen MR) is 145 cm³/mol. The number of hydrogen-bond acceptors (Lipinski definition) is 6. The highest BCUT2D eigenvalue weighted by atomic mass is 32.2. The van der Waals surface area contributed by atoms with E-state index < -0.39 is 39.5 Å². The van der Waals surface area contributed by atoms with Gasteiger partial charge in [-0.05, 0) is 30.0 Å². The SMILES string of the molecule is C=CCOC(=O)Nc1cccn([C@@H](Cc2ccccc2)C(=O)N[C@H](/C=C/S(=O)(=O)CC)CC(C)C)c1=O. The minimum atomic E-state index is -3.38. The fourth-order valence-corrected chi connectivity index (χ4v) is 4.19. The van der Waals surface area contributed by atoms with Gasteiger partial charge in [-0.25, -0.2) is 13.2 Å². The van der Waals surface area contributed by atoms with E-state index in [-0.39, 0.29) is 30.4 Å². The molecular weight excluding hydrogens is 494 g/mol. The average Bonchev–Trinajstić information content (AvgIpc) is 2.86. The Kier molecular flexibility index (Phi) is 11.3. The van der Waals surface area contributed by atoms with E-state index in [9.17, 15) is 22.8 Å². The molecule has 0 saturated carbocycles. The number of nitrogens with zero attached hydrogens (tertiary/aromatic N) is 1. The van der Waals surface area contributed by atoms with Gasteiger partial charge in [0, 0.05) is 24.1 Å². The fourth-order valence-electron chi connectivity index (χ4n) is 3.57. The number of pyridine rings is 1. The van der Waals surface area contributed by atoms with Crippen molar-refractivity contribution in [3.8, 4) is 0 Å². The molecule has 0 aliphatic rings. The van der Waals surface area contributed by atoms with Crippen LogP contribution in [0.25, 0.3) is 0 Å². The van der Waals surface area contributed by atoms with E-state index in [4.69, 9.17) is 4.74 Å². The van der Waals surface area contributed by atoms with Crippen molar-refractivity contribution < 1.29 is 22.7 Å². The van der Waals surface area contributed by atoms with Crippen LogP contribution in [0.15, 0.2) is 77.6 Å². The smallest absolute Gasteiger partial charge is 0.412 e. The number of sulfone groups is 1. The van der Waals surface area contributed by atoms with Crippen LogP contribution in [0.4, 0.5) is 10.5 Å². The number of anilines is 1. The van der Waals surface area contributed by atoms with Crippen LogP contribution in [-0.4, -0.2) is 43.4 Å². The summed E-state index contributed by atoms with van der Waals surface area (Å²) in [7, 11) is -3.38. The standard InChI is InChI=1S/C27H35N3O6S/c1-5-16-36-27(33)29-23-13-10-15-30(26(23)32)24(19-21-11-8-7-9-12-21)25(31)28-22(18-20(3)4)14-17-37(34,35)6-2/h5,7-15,17,20,22,24H,1,6,16,18-19H2,2-4H3,(H,28,31)(H,29,33)/b17-14+/t22-,24+/m1/s1. The number of benzene rings is 1. The van der Waals surface area contributed by atoms with E-state index in [0.29, 0.717) is 6.42 Å². The van der Waals surface area contributed by atoms with Gasteiger partial charge in [-0.2, -0.15) is 0 Å². The van der Waals surface area contributed by atoms with E-state index in [1.165, 1.54) is 29.0 Å². The maximum atomic E-state index is 13.6. The van der Waals surface area contributed by atoms with Gasteiger partial charge in [-0.1, -0.05) is 69.8 Å². The van der Waals surface area contributed by atoms with E-state index in [2.05, 4.69) is 17.2 Å². The fraction of sp³-hybridized carbons (Fsp3) is 0.370. The summed E-state index contributed by atoms with van der Waals surface area (Å²) in [5.74, 6) is -0.336. The van der Waals surface area contributed by atoms with Gasteiger partial charge in [0.25, 0.3) is 5.56 Å². The highest BCUT2D eigenvalue weighted by molar-refractivity contribution is 7.94. The second-order valence-corrected chi connectivity index (χ2v) is 11.1. The maximum Gasteiger partial charge on any atom is 0.412 e. The summed E-state index contributed by atoms with van der Waals surface area (Å²) in [5.41, 5.74) is 0.191. The van der Waals surface area contributed by atoms with Gasteiger partial charge in [-0.3, -0.25) is 14.9 Å². The van der Waals surface area contributed by atoms with Crippen molar-refractivity contribution >= 4 is 27.5 Å². The minimum Gasteiger partial charge on any atom is -0.445 e. The molecule has 37 heavy (non-hydrogen) atoms. The molecule has 2 aromatic rings. The Morgan fingerprint density at radius 3 is 2.46 bits per heavy atom. The first-order valence-electron chi connectivity index (χ1n) is 12.1. The molecule has 0 saturated heterocycles. The first kappa shape index (κ1) is 29.6. The molecule has 0 fully saturated rings. The van der Waals surface area contributed by atoms with Gasteiger partial charge in [-0.15, -0.1) is 0 Å². The Morgan fingerprint density at radius 2 is 1.84 bits per heavy atom. The van der Waals surface area contributed by atoms with Crippen LogP contribution >= 0.6 is 0 Å². The van der Waals surface area contributed by atoms with Crippen LogP contribution in [0.2, 0.25) is 0 Å². The molecule has 0 aliphatic heterocycles. The first-order chi connectivity index (χ1) is 17.6. The summed E-state index contributed by atoms with van der Waals surface area (Å²) < 4.78 is 30.2. The zero-order chi connectivity index (χ0) is 27.4. The summed E-state index contributed by atoms with van der Waals surface area (Å²) in [6.45, 7) is 8.93. The van der Waals surface area contributed by atoms with Crippen molar-refractivity contribution in [2.24, 2.45) is 5.92 Å². The Hall–Kier alpha value is -3.66. The van der Waals surface area contributed by atoms with E-state index in [1.807, 2.05) is 44.2 Å². The summed E-state index contributed by atoms with van der Waals surface area (Å²) >= 11 is 0. The van der Waals surface area contributed by atoms with Crippen molar-refractivity contribution in [1.29, 1.82) is 0 Å². The largest absolute Gasteiger partial charge is 0.445 e. The second kappa shape index (κ2) is 14.2. The van der Waals surface area contributed by atoms with E-state index >= 15 is 0 Å². The van der Waals surface area contributed by atoms with Crippen LogP contribution in [0, 0.1) is 5.92 Å². The molecule has 0 unspecified atom stereocenters. The van der Waals surface area contributed by atoms with Crippen LogP contribution in [0.5, 0.6) is 0 Å². The molecule has 1 heterocycles. The van der Waals surface area contributed by atoms with Crippen molar-refractivity contribution in [1.82, 2.24) is 9.88 Å². The third kappa shape index (κ3) is 9.72. The molecule has 2 amide bonds. The highest BCUT2D eigenvalue weighted by Crippen LogP contribution is 2.17. The molecule has 1 aromatic carbocycles. The lowest BCUT2D eigenvalue weighted by Gasteiger charge is -2.24. The Balaban J connectivity index is 2.43. The number of amides is 2. The lowest BCUT2D eigenvalue weighted by molar-refractivity contribution is -0.124. The lowest BCUT2D eigenvalue weighted by atomic mass is 10.0. The number of nitrogens with one attached hydrogen (secondary N) is 2. The van der Waals surface area contributed by atoms with Crippen molar-refractivity contribution in [3.05, 3.63) is 88.7 Å². The molecule has 10 heteroatoms. The van der Waals surface area contributed by atoms with Gasteiger partial charge in [0.05, 0.1) is 5.75 Å². The molecule has 200 valence electrons. The number of rotatable bonds is 13. The molecule has 0 spiro atoms. The van der Waals surface area contributed by atoms with Gasteiger partial charge in [0.2, 0.25) is 5.91 Å². The van der Waals surface area contributed by atoms with Gasteiger partial charge < -0.3 is 14.6 Å². The van der Waals surface area contributed by atoms with Gasteiger partial charge >= 0.3 is 6.09 Å². The molecule has 9 nitrogen and oxygen atoms in total. The molecule has 2 N–H and O–H groups in total. The van der Waals surface area contributed by atoms with Gasteiger partial charge in [0.1, 0.15) is 18.3 Å². The summed E-state index contributed by atoms with van der Waals surface area (Å²) in [6.07, 6.45) is 4.24. The lowest BCUT2D eigenvalue weighted by Crippen LogP contribution is -2.43. The van der Waals surface area contributed by atoms with Crippen LogP contribution in [0.3, 0.4) is 0 Å². The second-order valence-electron chi connectivity index (χ2n) is 8.88. The normalized spacial score (nSPS) is 13.2. The average molecular weight is 530 g/mol. The first-order valence-corrected chi connectivity index (χ1v) is 13.8. The van der Waals surface area contributed by atoms with E-state index in [0.717, 1.165) is 11.0 Å². The molecule has 0 bridgehead atoms. The van der Waals surface area contributed by atoms with Crippen molar-refractivity contribution in [2.45, 2.75) is 45.7 Å². The number of carbonyl (C=O) groups excluding carboxylic acids is 2. The van der Waals surface area contributed by atoms with Crippen molar-refractivity contribution in [3.63, 3.8) is 0 Å². The molecule has 2 rings (SSSR count). The minimum absolute atomic E-state index is 0.0234. The van der Waals surface area contributed by atoms with Crippen LogP contribution < -0.4 is 16.2 Å². The summed E-state index contributed by atoms with van der Waals surface area (Å²) in [6, 6.07) is 10.7. The summed E-state index contributed by atoms with van der Waals surface area (Å²) in [4.78, 5) is 38.8. The third-order valence-electron chi connectivity index (χ3n) is 5.43. The number of carbonyl (C=O) groups is 2. The van der Waals surface area contributed by atoms with Crippen LogP contribution in [-0.2, 0) is 25.8 Å². The maximum absolute atomic E-state index is 13.6. The predicted octanol–water partition coefficient (Wildman–Crippen LogP) is 3.85. The Labute approximate surface area is 218 Å². The van der Waals surface area contributed by atoms with Crippen LogP contribution in [0.1, 0.15) is 38.8 Å². The monoisotopic (exact) mass is 529 g/mol. The molecular formula is C27H35N3O6S. The summed E-state index contributed by atoms with van der Waals surface area (Å²) in [5, 5.41) is 6.43. The zero-order valence-corrected chi connectivity index (χ0v) is 22.2. The number of aromatic nitrogens is 1. The molecule has 2 atom stereocenters. The third-order valence-corrected chi connectivity index (χ3v) is 6.80. The van der Waals surface area contributed by atoms with Crippen molar-refractivity contribution in [2.75, 3.05) is 17.7 Å². The molecule has 0 aliphatic carbocycles. The Morgan fingerprint density at radius 1 is 1.14 bits per heavy atom. The Bertz CT molecular complexity index is 1250. The number of hydrogen-bond donors (Lipinski definition) is 2.